The Bertz CT molecular complexity index is 620. The molecule has 0 fully saturated rings. The van der Waals surface area contributed by atoms with Gasteiger partial charge in [-0.15, -0.1) is 0 Å². The lowest BCUT2D eigenvalue weighted by Gasteiger charge is -2.15. The van der Waals surface area contributed by atoms with E-state index < -0.39 is 0 Å². The van der Waals surface area contributed by atoms with E-state index >= 15 is 0 Å². The van der Waals surface area contributed by atoms with Crippen LogP contribution in [0.25, 0.3) is 0 Å². The second-order valence-corrected chi connectivity index (χ2v) is 9.30. The summed E-state index contributed by atoms with van der Waals surface area (Å²) in [4.78, 5) is 0. The van der Waals surface area contributed by atoms with Crippen molar-refractivity contribution in [1.29, 1.82) is 0 Å². The summed E-state index contributed by atoms with van der Waals surface area (Å²) in [6.07, 6.45) is 1.61. The Morgan fingerprint density at radius 2 is 1.13 bits per heavy atom. The summed E-state index contributed by atoms with van der Waals surface area (Å²) in [7, 11) is 1.67. The minimum absolute atomic E-state index is 0.324. The molecule has 0 heterocycles. The van der Waals surface area contributed by atoms with Crippen LogP contribution in [0.5, 0.6) is 0 Å². The van der Waals surface area contributed by atoms with Gasteiger partial charge < -0.3 is 9.47 Å². The van der Waals surface area contributed by atoms with Gasteiger partial charge in [-0.3, -0.25) is 0 Å². The molecule has 31 heavy (non-hydrogen) atoms. The molecular formula is C29H48O2. The highest BCUT2D eigenvalue weighted by atomic mass is 16.5. The predicted octanol–water partition coefficient (Wildman–Crippen LogP) is 8.34. The third-order valence-electron chi connectivity index (χ3n) is 5.26. The van der Waals surface area contributed by atoms with Gasteiger partial charge in [0.1, 0.15) is 0 Å². The Morgan fingerprint density at radius 3 is 1.52 bits per heavy atom. The number of hydrogen-bond donors (Lipinski definition) is 0. The van der Waals surface area contributed by atoms with Gasteiger partial charge in [-0.05, 0) is 55.1 Å². The first kappa shape index (κ1) is 29.4. The Balaban J connectivity index is 0.000000446. The van der Waals surface area contributed by atoms with E-state index in [-0.39, 0.29) is 0 Å². The number of benzene rings is 2. The van der Waals surface area contributed by atoms with Crippen LogP contribution in [0.2, 0.25) is 0 Å². The van der Waals surface area contributed by atoms with Crippen LogP contribution >= 0.6 is 0 Å². The maximum atomic E-state index is 5.16. The fourth-order valence-electron chi connectivity index (χ4n) is 3.13. The van der Waals surface area contributed by atoms with Crippen LogP contribution in [-0.4, -0.2) is 26.4 Å². The Labute approximate surface area is 193 Å². The van der Waals surface area contributed by atoms with Crippen LogP contribution in [0.1, 0.15) is 84.8 Å². The second kappa shape index (κ2) is 18.0. The van der Waals surface area contributed by atoms with Crippen molar-refractivity contribution in [3.05, 3.63) is 71.8 Å². The molecule has 0 aliphatic heterocycles. The summed E-state index contributed by atoms with van der Waals surface area (Å²) in [5.41, 5.74) is 2.91. The van der Waals surface area contributed by atoms with Gasteiger partial charge in [0.05, 0.1) is 19.3 Å². The molecule has 0 spiro atoms. The lowest BCUT2D eigenvalue weighted by atomic mass is 9.91. The van der Waals surface area contributed by atoms with Crippen molar-refractivity contribution in [2.45, 2.75) is 79.8 Å². The molecule has 0 aromatic heterocycles. The number of ether oxygens (including phenoxy) is 2. The summed E-state index contributed by atoms with van der Waals surface area (Å²) in [6.45, 7) is 19.1. The summed E-state index contributed by atoms with van der Waals surface area (Å²) in [5, 5.41) is 0. The summed E-state index contributed by atoms with van der Waals surface area (Å²) in [5.74, 6) is 2.90. The molecule has 0 N–H and O–H groups in total. The molecule has 0 aliphatic rings. The molecule has 2 aromatic carbocycles. The van der Waals surface area contributed by atoms with Crippen molar-refractivity contribution in [3.63, 3.8) is 0 Å². The normalized spacial score (nSPS) is 12.6. The van der Waals surface area contributed by atoms with E-state index in [4.69, 9.17) is 9.47 Å². The van der Waals surface area contributed by atoms with Gasteiger partial charge in [-0.2, -0.15) is 0 Å². The molecule has 2 nitrogen and oxygen atoms in total. The van der Waals surface area contributed by atoms with E-state index in [0.29, 0.717) is 31.2 Å². The van der Waals surface area contributed by atoms with Gasteiger partial charge >= 0.3 is 0 Å². The van der Waals surface area contributed by atoms with E-state index in [1.165, 1.54) is 17.5 Å². The van der Waals surface area contributed by atoms with Crippen molar-refractivity contribution in [2.24, 2.45) is 11.8 Å². The highest BCUT2D eigenvalue weighted by molar-refractivity contribution is 5.19. The first-order valence-electron chi connectivity index (χ1n) is 11.9. The zero-order valence-corrected chi connectivity index (χ0v) is 21.6. The molecule has 2 atom stereocenters. The summed E-state index contributed by atoms with van der Waals surface area (Å²) >= 11 is 0. The van der Waals surface area contributed by atoms with Crippen LogP contribution in [0.15, 0.2) is 60.7 Å². The topological polar surface area (TPSA) is 18.5 Å². The summed E-state index contributed by atoms with van der Waals surface area (Å²) < 4.78 is 9.92. The first-order chi connectivity index (χ1) is 14.7. The lowest BCUT2D eigenvalue weighted by Crippen LogP contribution is -2.07. The van der Waals surface area contributed by atoms with Crippen molar-refractivity contribution < 1.29 is 9.47 Å². The van der Waals surface area contributed by atoms with Crippen molar-refractivity contribution >= 4 is 0 Å². The smallest absolute Gasteiger partial charge is 0.0703 e. The van der Waals surface area contributed by atoms with Gasteiger partial charge in [0.15, 0.2) is 0 Å². The Hall–Kier alpha value is -1.64. The van der Waals surface area contributed by atoms with E-state index in [1.54, 1.807) is 7.11 Å². The Morgan fingerprint density at radius 1 is 0.645 bits per heavy atom. The first-order valence-corrected chi connectivity index (χ1v) is 11.9. The van der Waals surface area contributed by atoms with Gasteiger partial charge in [0.25, 0.3) is 0 Å². The monoisotopic (exact) mass is 428 g/mol. The molecule has 2 aromatic rings. The highest BCUT2D eigenvalue weighted by Crippen LogP contribution is 2.23. The van der Waals surface area contributed by atoms with Gasteiger partial charge in [0.2, 0.25) is 0 Å². The average molecular weight is 429 g/mol. The lowest BCUT2D eigenvalue weighted by molar-refractivity contribution is 0.0351. The summed E-state index contributed by atoms with van der Waals surface area (Å²) in [6, 6.07) is 21.4. The maximum Gasteiger partial charge on any atom is 0.0703 e. The largest absolute Gasteiger partial charge is 0.382 e. The fourth-order valence-corrected chi connectivity index (χ4v) is 3.13. The minimum atomic E-state index is 0.324. The molecule has 2 rings (SSSR count). The maximum absolute atomic E-state index is 5.16. The molecule has 2 heteroatoms. The molecule has 0 aliphatic carbocycles. The quantitative estimate of drug-likeness (QED) is 0.374. The van der Waals surface area contributed by atoms with Gasteiger partial charge in [-0.1, -0.05) is 102 Å². The second-order valence-electron chi connectivity index (χ2n) is 9.30. The standard InChI is InChI=1S/C12H18.C11H16.C6H14O2/c1-10(2)9-11(3)12-7-5-4-6-8-12;1-9(2)10(3)11-7-5-4-6-8-11;1-6(2)8-5-4-7-3/h4-8,10-11H,9H2,1-3H3;4-10H,1-3H3;6H,4-5H2,1-3H3/t11-;10-;/m00./s1. The minimum Gasteiger partial charge on any atom is -0.382 e. The van der Waals surface area contributed by atoms with Crippen LogP contribution in [-0.2, 0) is 9.47 Å². The molecule has 0 unspecified atom stereocenters. The molecule has 0 bridgehead atoms. The molecule has 0 radical (unpaired) electrons. The Kier molecular flexibility index (Phi) is 17.0. The predicted molar refractivity (Wildman–Crippen MR) is 137 cm³/mol. The highest BCUT2D eigenvalue weighted by Gasteiger charge is 2.08. The van der Waals surface area contributed by atoms with Crippen LogP contribution < -0.4 is 0 Å². The van der Waals surface area contributed by atoms with Crippen molar-refractivity contribution in [2.75, 3.05) is 20.3 Å². The molecule has 0 saturated heterocycles. The van der Waals surface area contributed by atoms with E-state index in [0.717, 1.165) is 11.8 Å². The molecule has 0 amide bonds. The van der Waals surface area contributed by atoms with E-state index in [9.17, 15) is 0 Å². The third kappa shape index (κ3) is 15.8. The molecule has 0 saturated carbocycles. The third-order valence-corrected chi connectivity index (χ3v) is 5.26. The average Bonchev–Trinajstić information content (AvgIpc) is 2.75. The van der Waals surface area contributed by atoms with Crippen LogP contribution in [0, 0.1) is 11.8 Å². The van der Waals surface area contributed by atoms with Crippen LogP contribution in [0.4, 0.5) is 0 Å². The van der Waals surface area contributed by atoms with Gasteiger partial charge in [-0.25, -0.2) is 0 Å². The zero-order valence-electron chi connectivity index (χ0n) is 21.6. The number of methoxy groups -OCH3 is 1. The number of hydrogen-bond acceptors (Lipinski definition) is 2. The molecule has 176 valence electrons. The zero-order chi connectivity index (χ0) is 23.6. The van der Waals surface area contributed by atoms with Crippen molar-refractivity contribution in [1.82, 2.24) is 0 Å². The van der Waals surface area contributed by atoms with E-state index in [2.05, 4.69) is 102 Å². The SMILES string of the molecule is CC(C)C[C@H](C)c1ccccc1.CC(C)[C@H](C)c1ccccc1.COCCOC(C)C. The molecular weight excluding hydrogens is 380 g/mol. The number of rotatable bonds is 9. The van der Waals surface area contributed by atoms with E-state index in [1.807, 2.05) is 13.8 Å². The van der Waals surface area contributed by atoms with Crippen molar-refractivity contribution in [3.8, 4) is 0 Å². The van der Waals surface area contributed by atoms with Crippen LogP contribution in [0.3, 0.4) is 0 Å². The van der Waals surface area contributed by atoms with Gasteiger partial charge in [0, 0.05) is 7.11 Å². The fraction of sp³-hybridized carbons (Fsp3) is 0.586.